The smallest absolute Gasteiger partial charge is 0.343 e. The molecule has 2 nitrogen and oxygen atoms in total. The lowest BCUT2D eigenvalue weighted by Gasteiger charge is -2.10. The lowest BCUT2D eigenvalue weighted by atomic mass is 10.0. The van der Waals surface area contributed by atoms with Crippen molar-refractivity contribution in [2.75, 3.05) is 0 Å². The van der Waals surface area contributed by atoms with Gasteiger partial charge in [-0.25, -0.2) is 4.79 Å². The van der Waals surface area contributed by atoms with E-state index in [0.29, 0.717) is 16.3 Å². The molecule has 0 aliphatic carbocycles. The van der Waals surface area contributed by atoms with E-state index in [2.05, 4.69) is 38.1 Å². The van der Waals surface area contributed by atoms with Crippen LogP contribution in [-0.2, 0) is 12.8 Å². The number of hydrogen-bond donors (Lipinski definition) is 0. The number of esters is 1. The predicted molar refractivity (Wildman–Crippen MR) is 144 cm³/mol. The van der Waals surface area contributed by atoms with Crippen LogP contribution < -0.4 is 4.74 Å². The molecular weight excluding hydrogens is 440 g/mol. The van der Waals surface area contributed by atoms with E-state index < -0.39 is 0 Å². The van der Waals surface area contributed by atoms with Crippen LogP contribution in [0.2, 0.25) is 5.02 Å². The van der Waals surface area contributed by atoms with Gasteiger partial charge in [0.2, 0.25) is 0 Å². The zero-order valence-electron chi connectivity index (χ0n) is 20.6. The van der Waals surface area contributed by atoms with E-state index in [-0.39, 0.29) is 5.97 Å². The average Bonchev–Trinajstić information content (AvgIpc) is 2.86. The lowest BCUT2D eigenvalue weighted by molar-refractivity contribution is 0.0735. The van der Waals surface area contributed by atoms with Gasteiger partial charge in [-0.1, -0.05) is 106 Å². The minimum absolute atomic E-state index is 0.381. The Labute approximate surface area is 210 Å². The molecule has 3 rings (SSSR count). The summed E-state index contributed by atoms with van der Waals surface area (Å²) in [6.45, 7) is 4.45. The summed E-state index contributed by atoms with van der Waals surface area (Å²) in [5, 5.41) is 0.432. The molecule has 0 N–H and O–H groups in total. The minimum Gasteiger partial charge on any atom is -0.421 e. The zero-order valence-corrected chi connectivity index (χ0v) is 21.4. The molecule has 34 heavy (non-hydrogen) atoms. The number of ether oxygens (including phenoxy) is 1. The van der Waals surface area contributed by atoms with Crippen LogP contribution in [0.4, 0.5) is 0 Å². The summed E-state index contributed by atoms with van der Waals surface area (Å²) in [5.41, 5.74) is 5.26. The van der Waals surface area contributed by atoms with Crippen molar-refractivity contribution in [2.45, 2.75) is 78.1 Å². The number of carbonyl (C=O) groups is 1. The number of unbranched alkanes of at least 4 members (excludes halogenated alkanes) is 6. The van der Waals surface area contributed by atoms with Crippen LogP contribution >= 0.6 is 11.6 Å². The van der Waals surface area contributed by atoms with Crippen molar-refractivity contribution in [3.63, 3.8) is 0 Å². The standard InChI is InChI=1S/C31H37ClO2/c1-3-5-7-9-11-24-13-17-26(18-14-24)28-21-22-30(29(32)23-28)34-31(33)27-19-15-25(16-20-27)12-10-8-6-4-2/h13-23H,3-12H2,1-2H3. The fourth-order valence-electron chi connectivity index (χ4n) is 4.11. The Balaban J connectivity index is 1.57. The second kappa shape index (κ2) is 14.0. The van der Waals surface area contributed by atoms with E-state index in [4.69, 9.17) is 16.3 Å². The highest BCUT2D eigenvalue weighted by Gasteiger charge is 2.12. The van der Waals surface area contributed by atoms with Gasteiger partial charge in [-0.3, -0.25) is 0 Å². The quantitative estimate of drug-likeness (QED) is 0.139. The third-order valence-electron chi connectivity index (χ3n) is 6.25. The largest absolute Gasteiger partial charge is 0.421 e. The van der Waals surface area contributed by atoms with Gasteiger partial charge in [0.05, 0.1) is 10.6 Å². The van der Waals surface area contributed by atoms with Crippen molar-refractivity contribution in [2.24, 2.45) is 0 Å². The molecule has 0 radical (unpaired) electrons. The van der Waals surface area contributed by atoms with Crippen LogP contribution in [0.1, 0.15) is 86.7 Å². The Hall–Kier alpha value is -2.58. The Bertz CT molecular complexity index is 1020. The van der Waals surface area contributed by atoms with Gasteiger partial charge in [0, 0.05) is 0 Å². The monoisotopic (exact) mass is 476 g/mol. The maximum absolute atomic E-state index is 12.6. The number of aryl methyl sites for hydroxylation is 2. The normalized spacial score (nSPS) is 10.9. The van der Waals surface area contributed by atoms with Crippen LogP contribution in [-0.4, -0.2) is 5.97 Å². The predicted octanol–water partition coefficient (Wildman–Crippen LogP) is 9.47. The van der Waals surface area contributed by atoms with E-state index in [1.54, 1.807) is 6.07 Å². The molecule has 0 amide bonds. The van der Waals surface area contributed by atoms with Crippen LogP contribution in [0.3, 0.4) is 0 Å². The number of rotatable bonds is 13. The molecular formula is C31H37ClO2. The summed E-state index contributed by atoms with van der Waals surface area (Å²) < 4.78 is 5.59. The molecule has 0 saturated carbocycles. The van der Waals surface area contributed by atoms with Gasteiger partial charge in [0.15, 0.2) is 0 Å². The molecule has 0 atom stereocenters. The summed E-state index contributed by atoms with van der Waals surface area (Å²) in [6.07, 6.45) is 12.2. The first kappa shape index (κ1) is 26.0. The van der Waals surface area contributed by atoms with Gasteiger partial charge in [-0.15, -0.1) is 0 Å². The minimum atomic E-state index is -0.389. The molecule has 180 valence electrons. The first-order valence-electron chi connectivity index (χ1n) is 12.8. The molecule has 0 spiro atoms. The highest BCUT2D eigenvalue weighted by atomic mass is 35.5. The summed E-state index contributed by atoms with van der Waals surface area (Å²) >= 11 is 6.47. The molecule has 3 aromatic carbocycles. The maximum Gasteiger partial charge on any atom is 0.343 e. The Morgan fingerprint density at radius 2 is 1.21 bits per heavy atom. The van der Waals surface area contributed by atoms with Gasteiger partial charge in [0.1, 0.15) is 5.75 Å². The molecule has 3 aromatic rings. The second-order valence-electron chi connectivity index (χ2n) is 9.05. The van der Waals surface area contributed by atoms with E-state index in [0.717, 1.165) is 24.0 Å². The summed E-state index contributed by atoms with van der Waals surface area (Å²) in [5.74, 6) is -0.00814. The topological polar surface area (TPSA) is 26.3 Å². The van der Waals surface area contributed by atoms with Crippen molar-refractivity contribution in [1.82, 2.24) is 0 Å². The first-order valence-corrected chi connectivity index (χ1v) is 13.2. The van der Waals surface area contributed by atoms with Crippen molar-refractivity contribution < 1.29 is 9.53 Å². The Morgan fingerprint density at radius 3 is 1.74 bits per heavy atom. The van der Waals surface area contributed by atoms with Crippen LogP contribution in [0, 0.1) is 0 Å². The molecule has 0 bridgehead atoms. The van der Waals surface area contributed by atoms with Gasteiger partial charge < -0.3 is 4.74 Å². The molecule has 0 heterocycles. The summed E-state index contributed by atoms with van der Waals surface area (Å²) in [4.78, 5) is 12.6. The molecule has 0 aromatic heterocycles. The van der Waals surface area contributed by atoms with Gasteiger partial charge in [-0.05, 0) is 72.2 Å². The van der Waals surface area contributed by atoms with Crippen molar-refractivity contribution >= 4 is 17.6 Å². The van der Waals surface area contributed by atoms with E-state index in [1.807, 2.05) is 36.4 Å². The molecule has 0 aliphatic rings. The molecule has 0 unspecified atom stereocenters. The van der Waals surface area contributed by atoms with Gasteiger partial charge in [-0.2, -0.15) is 0 Å². The lowest BCUT2D eigenvalue weighted by Crippen LogP contribution is -2.08. The number of benzene rings is 3. The summed E-state index contributed by atoms with van der Waals surface area (Å²) in [7, 11) is 0. The van der Waals surface area contributed by atoms with E-state index in [9.17, 15) is 4.79 Å². The van der Waals surface area contributed by atoms with Gasteiger partial charge >= 0.3 is 5.97 Å². The van der Waals surface area contributed by atoms with Crippen LogP contribution in [0.5, 0.6) is 5.75 Å². The third-order valence-corrected chi connectivity index (χ3v) is 6.54. The highest BCUT2D eigenvalue weighted by molar-refractivity contribution is 6.32. The van der Waals surface area contributed by atoms with Crippen molar-refractivity contribution in [3.05, 3.63) is 88.4 Å². The average molecular weight is 477 g/mol. The SMILES string of the molecule is CCCCCCc1ccc(C(=O)Oc2ccc(-c3ccc(CCCCCC)cc3)cc2Cl)cc1. The zero-order chi connectivity index (χ0) is 24.2. The van der Waals surface area contributed by atoms with Crippen molar-refractivity contribution in [1.29, 1.82) is 0 Å². The number of hydrogen-bond acceptors (Lipinski definition) is 2. The maximum atomic E-state index is 12.6. The number of halogens is 1. The van der Waals surface area contributed by atoms with E-state index in [1.165, 1.54) is 62.5 Å². The second-order valence-corrected chi connectivity index (χ2v) is 9.46. The Morgan fingerprint density at radius 1 is 0.676 bits per heavy atom. The first-order chi connectivity index (χ1) is 16.6. The van der Waals surface area contributed by atoms with Crippen LogP contribution in [0.15, 0.2) is 66.7 Å². The fraction of sp³-hybridized carbons (Fsp3) is 0.387. The Kier molecular flexibility index (Phi) is 10.7. The van der Waals surface area contributed by atoms with Crippen LogP contribution in [0.25, 0.3) is 11.1 Å². The van der Waals surface area contributed by atoms with Crippen molar-refractivity contribution in [3.8, 4) is 16.9 Å². The third kappa shape index (κ3) is 8.02. The fourth-order valence-corrected chi connectivity index (χ4v) is 4.32. The molecule has 0 saturated heterocycles. The summed E-state index contributed by atoms with van der Waals surface area (Å²) in [6, 6.07) is 21.9. The molecule has 0 fully saturated rings. The van der Waals surface area contributed by atoms with Gasteiger partial charge in [0.25, 0.3) is 0 Å². The highest BCUT2D eigenvalue weighted by Crippen LogP contribution is 2.31. The molecule has 0 aliphatic heterocycles. The molecule has 3 heteroatoms. The number of carbonyl (C=O) groups excluding carboxylic acids is 1. The van der Waals surface area contributed by atoms with E-state index >= 15 is 0 Å².